The van der Waals surface area contributed by atoms with Crippen LogP contribution in [-0.4, -0.2) is 43.4 Å². The number of hydrogen-bond acceptors (Lipinski definition) is 4. The van der Waals surface area contributed by atoms with Crippen molar-refractivity contribution in [3.63, 3.8) is 0 Å². The summed E-state index contributed by atoms with van der Waals surface area (Å²) in [6.45, 7) is 4.31. The summed E-state index contributed by atoms with van der Waals surface area (Å²) in [4.78, 5) is 14.1. The third-order valence-electron chi connectivity index (χ3n) is 3.66. The monoisotopic (exact) mass is 277 g/mol. The van der Waals surface area contributed by atoms with Crippen molar-refractivity contribution in [2.45, 2.75) is 25.9 Å². The molecule has 2 heterocycles. The molecular weight excluding hydrogens is 258 g/mol. The van der Waals surface area contributed by atoms with E-state index in [1.165, 1.54) is 0 Å². The lowest BCUT2D eigenvalue weighted by Gasteiger charge is -2.31. The van der Waals surface area contributed by atoms with E-state index in [9.17, 15) is 4.79 Å². The highest BCUT2D eigenvalue weighted by atomic mass is 16.7. The van der Waals surface area contributed by atoms with Crippen molar-refractivity contribution in [3.8, 4) is 11.5 Å². The van der Waals surface area contributed by atoms with E-state index >= 15 is 0 Å². The number of amides is 1. The molecular formula is C15H19NO4. The molecule has 1 unspecified atom stereocenters. The van der Waals surface area contributed by atoms with Gasteiger partial charge < -0.3 is 19.1 Å². The first-order valence-electron chi connectivity index (χ1n) is 7.00. The summed E-state index contributed by atoms with van der Waals surface area (Å²) < 4.78 is 16.1. The molecule has 1 atom stereocenters. The summed E-state index contributed by atoms with van der Waals surface area (Å²) >= 11 is 0. The average Bonchev–Trinajstić information content (AvgIpc) is 2.92. The Balaban J connectivity index is 1.55. The highest BCUT2D eigenvalue weighted by Gasteiger charge is 2.21. The van der Waals surface area contributed by atoms with E-state index in [4.69, 9.17) is 14.2 Å². The summed E-state index contributed by atoms with van der Waals surface area (Å²) in [6, 6.07) is 5.85. The van der Waals surface area contributed by atoms with E-state index < -0.39 is 0 Å². The van der Waals surface area contributed by atoms with Gasteiger partial charge in [0, 0.05) is 19.5 Å². The lowest BCUT2D eigenvalue weighted by molar-refractivity contribution is -0.138. The van der Waals surface area contributed by atoms with Crippen molar-refractivity contribution < 1.29 is 19.0 Å². The number of aryl methyl sites for hydroxylation is 1. The molecule has 2 aliphatic rings. The first kappa shape index (κ1) is 13.2. The Bertz CT molecular complexity index is 503. The zero-order valence-electron chi connectivity index (χ0n) is 11.6. The molecule has 5 heteroatoms. The summed E-state index contributed by atoms with van der Waals surface area (Å²) in [6.07, 6.45) is 1.38. The van der Waals surface area contributed by atoms with Gasteiger partial charge in [-0.05, 0) is 31.0 Å². The van der Waals surface area contributed by atoms with Crippen molar-refractivity contribution in [2.75, 3.05) is 26.5 Å². The van der Waals surface area contributed by atoms with Crippen LogP contribution in [0, 0.1) is 0 Å². The third kappa shape index (κ3) is 2.88. The van der Waals surface area contributed by atoms with Crippen LogP contribution in [0.2, 0.25) is 0 Å². The van der Waals surface area contributed by atoms with Gasteiger partial charge >= 0.3 is 0 Å². The van der Waals surface area contributed by atoms with E-state index in [-0.39, 0.29) is 18.8 Å². The second kappa shape index (κ2) is 5.71. The maximum Gasteiger partial charge on any atom is 0.231 e. The zero-order valence-corrected chi connectivity index (χ0v) is 11.6. The van der Waals surface area contributed by atoms with Crippen molar-refractivity contribution in [3.05, 3.63) is 23.8 Å². The van der Waals surface area contributed by atoms with Crippen molar-refractivity contribution >= 4 is 5.91 Å². The summed E-state index contributed by atoms with van der Waals surface area (Å²) in [7, 11) is 0. The standard InChI is InChI=1S/C15H19NO4/c1-11-9-16(6-7-18-11)15(17)5-3-12-2-4-13-14(8-12)20-10-19-13/h2,4,8,11H,3,5-7,9-10H2,1H3. The molecule has 0 radical (unpaired) electrons. The van der Waals surface area contributed by atoms with Crippen LogP contribution in [0.4, 0.5) is 0 Å². The second-order valence-corrected chi connectivity index (χ2v) is 5.21. The van der Waals surface area contributed by atoms with Gasteiger partial charge in [0.25, 0.3) is 0 Å². The molecule has 0 N–H and O–H groups in total. The molecule has 0 aliphatic carbocycles. The number of carbonyl (C=O) groups is 1. The lowest BCUT2D eigenvalue weighted by Crippen LogP contribution is -2.44. The first-order chi connectivity index (χ1) is 9.72. The molecule has 2 aliphatic heterocycles. The Hall–Kier alpha value is -1.75. The molecule has 0 aromatic heterocycles. The van der Waals surface area contributed by atoms with Crippen LogP contribution >= 0.6 is 0 Å². The first-order valence-corrected chi connectivity index (χ1v) is 7.00. The zero-order chi connectivity index (χ0) is 13.9. The number of fused-ring (bicyclic) bond motifs is 1. The van der Waals surface area contributed by atoms with E-state index in [2.05, 4.69) is 0 Å². The molecule has 1 fully saturated rings. The maximum atomic E-state index is 12.2. The Morgan fingerprint density at radius 1 is 1.35 bits per heavy atom. The van der Waals surface area contributed by atoms with Crippen molar-refractivity contribution in [2.24, 2.45) is 0 Å². The van der Waals surface area contributed by atoms with Gasteiger partial charge in [0.2, 0.25) is 12.7 Å². The number of nitrogens with zero attached hydrogens (tertiary/aromatic N) is 1. The largest absolute Gasteiger partial charge is 0.454 e. The van der Waals surface area contributed by atoms with E-state index in [0.717, 1.165) is 23.5 Å². The average molecular weight is 277 g/mol. The number of morpholine rings is 1. The van der Waals surface area contributed by atoms with Gasteiger partial charge in [-0.1, -0.05) is 6.07 Å². The third-order valence-corrected chi connectivity index (χ3v) is 3.66. The van der Waals surface area contributed by atoms with Gasteiger partial charge in [-0.2, -0.15) is 0 Å². The Morgan fingerprint density at radius 2 is 2.20 bits per heavy atom. The molecule has 1 saturated heterocycles. The molecule has 1 aromatic carbocycles. The number of hydrogen-bond donors (Lipinski definition) is 0. The molecule has 1 aromatic rings. The summed E-state index contributed by atoms with van der Waals surface area (Å²) in [5.74, 6) is 1.75. The molecule has 20 heavy (non-hydrogen) atoms. The van der Waals surface area contributed by atoms with Crippen molar-refractivity contribution in [1.82, 2.24) is 4.90 Å². The normalized spacial score (nSPS) is 21.1. The van der Waals surface area contributed by atoms with Crippen LogP contribution in [-0.2, 0) is 16.0 Å². The summed E-state index contributed by atoms with van der Waals surface area (Å²) in [5.41, 5.74) is 1.10. The van der Waals surface area contributed by atoms with Crippen LogP contribution in [0.5, 0.6) is 11.5 Å². The SMILES string of the molecule is CC1CN(C(=O)CCc2ccc3c(c2)OCO3)CCO1. The molecule has 0 bridgehead atoms. The quantitative estimate of drug-likeness (QED) is 0.842. The number of carbonyl (C=O) groups excluding carboxylic acids is 1. The molecule has 0 spiro atoms. The fourth-order valence-electron chi connectivity index (χ4n) is 2.55. The Kier molecular flexibility index (Phi) is 3.78. The minimum atomic E-state index is 0.137. The van der Waals surface area contributed by atoms with Gasteiger partial charge in [0.05, 0.1) is 12.7 Å². The van der Waals surface area contributed by atoms with Gasteiger partial charge in [0.15, 0.2) is 11.5 Å². The molecule has 5 nitrogen and oxygen atoms in total. The van der Waals surface area contributed by atoms with Crippen LogP contribution < -0.4 is 9.47 Å². The minimum absolute atomic E-state index is 0.137. The van der Waals surface area contributed by atoms with Crippen LogP contribution in [0.25, 0.3) is 0 Å². The highest BCUT2D eigenvalue weighted by molar-refractivity contribution is 5.76. The Labute approximate surface area is 118 Å². The van der Waals surface area contributed by atoms with E-state index in [1.54, 1.807) is 0 Å². The smallest absolute Gasteiger partial charge is 0.231 e. The number of rotatable bonds is 3. The van der Waals surface area contributed by atoms with Gasteiger partial charge in [-0.3, -0.25) is 4.79 Å². The molecule has 0 saturated carbocycles. The van der Waals surface area contributed by atoms with Crippen molar-refractivity contribution in [1.29, 1.82) is 0 Å². The molecule has 108 valence electrons. The lowest BCUT2D eigenvalue weighted by atomic mass is 10.1. The number of benzene rings is 1. The highest BCUT2D eigenvalue weighted by Crippen LogP contribution is 2.32. The van der Waals surface area contributed by atoms with E-state index in [0.29, 0.717) is 26.1 Å². The molecule has 3 rings (SSSR count). The Morgan fingerprint density at radius 3 is 3.05 bits per heavy atom. The predicted molar refractivity (Wildman–Crippen MR) is 72.9 cm³/mol. The van der Waals surface area contributed by atoms with Crippen LogP contribution in [0.3, 0.4) is 0 Å². The van der Waals surface area contributed by atoms with Crippen LogP contribution in [0.15, 0.2) is 18.2 Å². The predicted octanol–water partition coefficient (Wildman–Crippen LogP) is 1.60. The number of ether oxygens (including phenoxy) is 3. The fourth-order valence-corrected chi connectivity index (χ4v) is 2.55. The minimum Gasteiger partial charge on any atom is -0.454 e. The summed E-state index contributed by atoms with van der Waals surface area (Å²) in [5, 5.41) is 0. The van der Waals surface area contributed by atoms with Gasteiger partial charge in [-0.15, -0.1) is 0 Å². The van der Waals surface area contributed by atoms with Gasteiger partial charge in [-0.25, -0.2) is 0 Å². The second-order valence-electron chi connectivity index (χ2n) is 5.21. The van der Waals surface area contributed by atoms with E-state index in [1.807, 2.05) is 30.0 Å². The van der Waals surface area contributed by atoms with Crippen LogP contribution in [0.1, 0.15) is 18.9 Å². The fraction of sp³-hybridized carbons (Fsp3) is 0.533. The maximum absolute atomic E-state index is 12.2. The topological polar surface area (TPSA) is 48.0 Å². The van der Waals surface area contributed by atoms with Gasteiger partial charge in [0.1, 0.15) is 0 Å². The molecule has 1 amide bonds.